The molecule has 0 aromatic carbocycles. The molecule has 0 saturated carbocycles. The quantitative estimate of drug-likeness (QED) is 0.207. The Hall–Kier alpha value is -2.72. The second-order valence-electron chi connectivity index (χ2n) is 10.1. The second kappa shape index (κ2) is 22.0. The third-order valence-electron chi connectivity index (χ3n) is 6.86. The van der Waals surface area contributed by atoms with E-state index in [0.717, 1.165) is 25.7 Å². The van der Waals surface area contributed by atoms with Gasteiger partial charge in [0.05, 0.1) is 26.4 Å². The Morgan fingerprint density at radius 1 is 0.650 bits per heavy atom. The highest BCUT2D eigenvalue weighted by Gasteiger charge is 2.32. The highest BCUT2D eigenvalue weighted by molar-refractivity contribution is 5.92. The topological polar surface area (TPSA) is 134 Å². The highest BCUT2D eigenvalue weighted by Crippen LogP contribution is 2.11. The van der Waals surface area contributed by atoms with Gasteiger partial charge in [0, 0.05) is 13.1 Å². The standard InChI is InChI=1S/2C15H25NO4/c2*1-2-3-4-5-6-7-8-9-14(17)16-10-11-20-12-13(16)15(18)19/h2*8-9,13H,2-7,10-12H2,1H3,(H,18,19). The molecular formula is C30H50N2O8. The molecule has 2 unspecified atom stereocenters. The largest absolute Gasteiger partial charge is 0.480 e. The van der Waals surface area contributed by atoms with Crippen molar-refractivity contribution in [3.8, 4) is 0 Å². The molecule has 0 aliphatic carbocycles. The number of morpholine rings is 2. The van der Waals surface area contributed by atoms with Crippen LogP contribution in [0.4, 0.5) is 0 Å². The number of aliphatic carboxylic acids is 2. The molecule has 0 radical (unpaired) electrons. The second-order valence-corrected chi connectivity index (χ2v) is 10.1. The molecule has 40 heavy (non-hydrogen) atoms. The fourth-order valence-corrected chi connectivity index (χ4v) is 4.44. The molecule has 2 aliphatic heterocycles. The molecule has 2 saturated heterocycles. The average molecular weight is 567 g/mol. The number of allylic oxidation sites excluding steroid dienone is 2. The van der Waals surface area contributed by atoms with E-state index < -0.39 is 24.0 Å². The maximum atomic E-state index is 12.0. The Morgan fingerprint density at radius 2 is 1.02 bits per heavy atom. The van der Waals surface area contributed by atoms with Crippen molar-refractivity contribution in [2.45, 2.75) is 103 Å². The lowest BCUT2D eigenvalue weighted by atomic mass is 10.1. The first-order valence-electron chi connectivity index (χ1n) is 14.9. The zero-order valence-corrected chi connectivity index (χ0v) is 24.4. The number of carbonyl (C=O) groups is 4. The third kappa shape index (κ3) is 14.6. The van der Waals surface area contributed by atoms with Crippen LogP contribution in [0, 0.1) is 0 Å². The van der Waals surface area contributed by atoms with E-state index in [0.29, 0.717) is 26.3 Å². The van der Waals surface area contributed by atoms with Gasteiger partial charge in [-0.25, -0.2) is 9.59 Å². The van der Waals surface area contributed by atoms with Crippen molar-refractivity contribution in [2.24, 2.45) is 0 Å². The zero-order valence-electron chi connectivity index (χ0n) is 24.4. The fraction of sp³-hybridized carbons (Fsp3) is 0.733. The molecule has 0 bridgehead atoms. The SMILES string of the molecule is CCCCCCCC=CC(=O)N1CCOCC1C(=O)O.CCCCCCCC=CC(=O)N1CCOCC1C(=O)O. The lowest BCUT2D eigenvalue weighted by Gasteiger charge is -2.32. The first-order valence-corrected chi connectivity index (χ1v) is 14.9. The van der Waals surface area contributed by atoms with Crippen molar-refractivity contribution in [1.82, 2.24) is 9.80 Å². The van der Waals surface area contributed by atoms with Crippen molar-refractivity contribution in [1.29, 1.82) is 0 Å². The molecule has 2 N–H and O–H groups in total. The summed E-state index contributed by atoms with van der Waals surface area (Å²) in [5, 5.41) is 18.1. The number of hydrogen-bond donors (Lipinski definition) is 2. The van der Waals surface area contributed by atoms with E-state index in [4.69, 9.17) is 19.7 Å². The minimum Gasteiger partial charge on any atom is -0.480 e. The number of carboxylic acids is 2. The van der Waals surface area contributed by atoms with Gasteiger partial charge in [0.1, 0.15) is 0 Å². The van der Waals surface area contributed by atoms with Crippen molar-refractivity contribution >= 4 is 23.8 Å². The molecule has 2 amide bonds. The Labute approximate surface area is 239 Å². The van der Waals surface area contributed by atoms with E-state index in [1.54, 1.807) is 0 Å². The summed E-state index contributed by atoms with van der Waals surface area (Å²) in [5.41, 5.74) is 0. The van der Waals surface area contributed by atoms with Crippen LogP contribution in [0.3, 0.4) is 0 Å². The first-order chi connectivity index (χ1) is 19.3. The van der Waals surface area contributed by atoms with Gasteiger partial charge < -0.3 is 29.5 Å². The molecule has 228 valence electrons. The van der Waals surface area contributed by atoms with E-state index in [1.165, 1.54) is 73.3 Å². The molecule has 0 spiro atoms. The Balaban J connectivity index is 0.000000400. The van der Waals surface area contributed by atoms with Crippen molar-refractivity contribution in [2.75, 3.05) is 39.5 Å². The normalized spacial score (nSPS) is 19.4. The smallest absolute Gasteiger partial charge is 0.328 e. The summed E-state index contributed by atoms with van der Waals surface area (Å²) >= 11 is 0. The van der Waals surface area contributed by atoms with Gasteiger partial charge >= 0.3 is 11.9 Å². The number of ether oxygens (including phenoxy) is 2. The number of unbranched alkanes of at least 4 members (excludes halogenated alkanes) is 10. The van der Waals surface area contributed by atoms with Crippen molar-refractivity contribution in [3.63, 3.8) is 0 Å². The Morgan fingerprint density at radius 3 is 1.38 bits per heavy atom. The number of carboxylic acid groups (broad SMARTS) is 2. The molecule has 2 rings (SSSR count). The van der Waals surface area contributed by atoms with Gasteiger partial charge in [0.25, 0.3) is 0 Å². The van der Waals surface area contributed by atoms with Crippen LogP contribution < -0.4 is 0 Å². The molecule has 10 heteroatoms. The summed E-state index contributed by atoms with van der Waals surface area (Å²) in [7, 11) is 0. The minimum atomic E-state index is -1.01. The summed E-state index contributed by atoms with van der Waals surface area (Å²) in [4.78, 5) is 48.8. The van der Waals surface area contributed by atoms with Crippen LogP contribution in [-0.2, 0) is 28.7 Å². The van der Waals surface area contributed by atoms with E-state index in [9.17, 15) is 19.2 Å². The van der Waals surface area contributed by atoms with Gasteiger partial charge in [-0.1, -0.05) is 77.4 Å². The van der Waals surface area contributed by atoms with Crippen molar-refractivity contribution < 1.29 is 38.9 Å². The summed E-state index contributed by atoms with van der Waals surface area (Å²) < 4.78 is 10.2. The van der Waals surface area contributed by atoms with Gasteiger partial charge in [-0.05, 0) is 37.8 Å². The number of carbonyl (C=O) groups excluding carboxylic acids is 2. The number of amides is 2. The predicted molar refractivity (Wildman–Crippen MR) is 153 cm³/mol. The summed E-state index contributed by atoms with van der Waals surface area (Å²) in [5.74, 6) is -2.47. The van der Waals surface area contributed by atoms with Gasteiger partial charge in [-0.3, -0.25) is 9.59 Å². The molecule has 2 aliphatic rings. The Kier molecular flexibility index (Phi) is 19.4. The van der Waals surface area contributed by atoms with Crippen molar-refractivity contribution in [3.05, 3.63) is 24.3 Å². The molecule has 2 atom stereocenters. The lowest BCUT2D eigenvalue weighted by molar-refractivity contribution is -0.156. The molecule has 0 aromatic heterocycles. The maximum Gasteiger partial charge on any atom is 0.328 e. The van der Waals surface area contributed by atoms with Crippen LogP contribution in [-0.4, -0.2) is 95.4 Å². The van der Waals surface area contributed by atoms with Crippen LogP contribution in [0.15, 0.2) is 24.3 Å². The average Bonchev–Trinajstić information content (AvgIpc) is 2.96. The summed E-state index contributed by atoms with van der Waals surface area (Å²) in [6, 6.07) is -1.71. The molecule has 0 aromatic rings. The summed E-state index contributed by atoms with van der Waals surface area (Å²) in [6.07, 6.45) is 20.4. The lowest BCUT2D eigenvalue weighted by Crippen LogP contribution is -2.52. The van der Waals surface area contributed by atoms with E-state index >= 15 is 0 Å². The molecular weight excluding hydrogens is 516 g/mol. The predicted octanol–water partition coefficient (Wildman–Crippen LogP) is 4.43. The minimum absolute atomic E-state index is 0.0753. The highest BCUT2D eigenvalue weighted by atomic mass is 16.5. The monoisotopic (exact) mass is 566 g/mol. The van der Waals surface area contributed by atoms with Crippen LogP contribution in [0.1, 0.15) is 90.9 Å². The van der Waals surface area contributed by atoms with E-state index in [2.05, 4.69) is 13.8 Å². The number of rotatable bonds is 16. The van der Waals surface area contributed by atoms with Gasteiger partial charge in [-0.2, -0.15) is 0 Å². The number of hydrogen-bond acceptors (Lipinski definition) is 6. The van der Waals surface area contributed by atoms with Crippen LogP contribution >= 0.6 is 0 Å². The molecule has 2 fully saturated rings. The van der Waals surface area contributed by atoms with E-state index in [1.807, 2.05) is 12.2 Å². The maximum absolute atomic E-state index is 12.0. The van der Waals surface area contributed by atoms with Gasteiger partial charge in [-0.15, -0.1) is 0 Å². The molecule has 2 heterocycles. The Bertz CT molecular complexity index is 748. The van der Waals surface area contributed by atoms with Crippen LogP contribution in [0.2, 0.25) is 0 Å². The van der Waals surface area contributed by atoms with Gasteiger partial charge in [0.15, 0.2) is 12.1 Å². The first kappa shape index (κ1) is 35.3. The summed E-state index contributed by atoms with van der Waals surface area (Å²) in [6.45, 7) is 6.01. The van der Waals surface area contributed by atoms with Crippen LogP contribution in [0.5, 0.6) is 0 Å². The fourth-order valence-electron chi connectivity index (χ4n) is 4.44. The zero-order chi connectivity index (χ0) is 29.6. The molecule has 10 nitrogen and oxygen atoms in total. The van der Waals surface area contributed by atoms with Gasteiger partial charge in [0.2, 0.25) is 11.8 Å². The van der Waals surface area contributed by atoms with E-state index in [-0.39, 0.29) is 25.0 Å². The third-order valence-corrected chi connectivity index (χ3v) is 6.86. The number of nitrogens with zero attached hydrogens (tertiary/aromatic N) is 2. The van der Waals surface area contributed by atoms with Crippen LogP contribution in [0.25, 0.3) is 0 Å².